The van der Waals surface area contributed by atoms with Crippen LogP contribution in [0.2, 0.25) is 0 Å². The predicted molar refractivity (Wildman–Crippen MR) is 88.8 cm³/mol. The van der Waals surface area contributed by atoms with Crippen molar-refractivity contribution in [2.45, 2.75) is 33.4 Å². The Morgan fingerprint density at radius 1 is 1.24 bits per heavy atom. The van der Waals surface area contributed by atoms with Crippen LogP contribution >= 0.6 is 11.3 Å². The van der Waals surface area contributed by atoms with Crippen molar-refractivity contribution in [1.29, 1.82) is 0 Å². The molecule has 0 spiro atoms. The number of hydrogen-bond donors (Lipinski definition) is 0. The number of rotatable bonds is 7. The third-order valence-corrected chi connectivity index (χ3v) is 4.82. The number of carbonyl (C=O) groups excluding carboxylic acids is 1. The highest BCUT2D eigenvalue weighted by Crippen LogP contribution is 2.36. The molecule has 0 aliphatic rings. The summed E-state index contributed by atoms with van der Waals surface area (Å²) in [4.78, 5) is 36.8. The molecular formula is C15H18F2N2O5S. The van der Waals surface area contributed by atoms with Crippen molar-refractivity contribution < 1.29 is 23.0 Å². The van der Waals surface area contributed by atoms with Gasteiger partial charge < -0.3 is 9.47 Å². The van der Waals surface area contributed by atoms with E-state index in [1.807, 2.05) is 0 Å². The van der Waals surface area contributed by atoms with Gasteiger partial charge in [0.2, 0.25) is 0 Å². The molecule has 7 nitrogen and oxygen atoms in total. The summed E-state index contributed by atoms with van der Waals surface area (Å²) < 4.78 is 39.1. The Kier molecular flexibility index (Phi) is 6.07. The van der Waals surface area contributed by atoms with Gasteiger partial charge in [-0.3, -0.25) is 13.9 Å². The van der Waals surface area contributed by atoms with Crippen LogP contribution in [0.3, 0.4) is 0 Å². The monoisotopic (exact) mass is 376 g/mol. The summed E-state index contributed by atoms with van der Waals surface area (Å²) in [6, 6.07) is 0. The summed E-state index contributed by atoms with van der Waals surface area (Å²) in [6.07, 6.45) is -3.06. The maximum absolute atomic E-state index is 13.6. The Balaban J connectivity index is 2.94. The summed E-state index contributed by atoms with van der Waals surface area (Å²) >= 11 is 0.664. The van der Waals surface area contributed by atoms with Gasteiger partial charge >= 0.3 is 11.7 Å². The van der Waals surface area contributed by atoms with Crippen molar-refractivity contribution in [2.24, 2.45) is 0 Å². The molecule has 0 radical (unpaired) electrons. The van der Waals surface area contributed by atoms with Gasteiger partial charge in [0.05, 0.1) is 30.7 Å². The van der Waals surface area contributed by atoms with E-state index in [4.69, 9.17) is 9.47 Å². The van der Waals surface area contributed by atoms with E-state index in [0.717, 1.165) is 4.57 Å². The van der Waals surface area contributed by atoms with Crippen molar-refractivity contribution in [1.82, 2.24) is 9.13 Å². The summed E-state index contributed by atoms with van der Waals surface area (Å²) in [5.74, 6) is -0.938. The number of carbonyl (C=O) groups is 1. The molecule has 10 heteroatoms. The van der Waals surface area contributed by atoms with E-state index >= 15 is 0 Å². The van der Waals surface area contributed by atoms with Crippen LogP contribution in [0.1, 0.15) is 35.5 Å². The number of esters is 1. The summed E-state index contributed by atoms with van der Waals surface area (Å²) in [5.41, 5.74) is -2.15. The average molecular weight is 376 g/mol. The number of thiophene rings is 1. The number of fused-ring (bicyclic) bond motifs is 1. The number of hydrogen-bond acceptors (Lipinski definition) is 6. The maximum atomic E-state index is 13.6. The van der Waals surface area contributed by atoms with Crippen LogP contribution in [-0.2, 0) is 22.6 Å². The molecule has 0 aliphatic heterocycles. The quantitative estimate of drug-likeness (QED) is 0.691. The number of alkyl halides is 2. The Bertz CT molecular complexity index is 900. The van der Waals surface area contributed by atoms with Gasteiger partial charge in [0.15, 0.2) is 0 Å². The molecule has 0 aromatic carbocycles. The van der Waals surface area contributed by atoms with Crippen LogP contribution in [0.4, 0.5) is 8.78 Å². The lowest BCUT2D eigenvalue weighted by Gasteiger charge is -2.10. The zero-order valence-electron chi connectivity index (χ0n) is 14.0. The van der Waals surface area contributed by atoms with Gasteiger partial charge in [0, 0.05) is 13.7 Å². The molecule has 2 aromatic heterocycles. The van der Waals surface area contributed by atoms with Crippen molar-refractivity contribution in [3.8, 4) is 0 Å². The molecule has 138 valence electrons. The molecule has 2 heterocycles. The number of aromatic nitrogens is 2. The van der Waals surface area contributed by atoms with Crippen LogP contribution in [0, 0.1) is 0 Å². The van der Waals surface area contributed by atoms with Crippen molar-refractivity contribution >= 4 is 27.5 Å². The van der Waals surface area contributed by atoms with E-state index < -0.39 is 29.2 Å². The van der Waals surface area contributed by atoms with Crippen LogP contribution in [0.5, 0.6) is 0 Å². The Morgan fingerprint density at radius 2 is 1.92 bits per heavy atom. The molecule has 0 saturated heterocycles. The van der Waals surface area contributed by atoms with Crippen molar-refractivity contribution in [3.63, 3.8) is 0 Å². The fourth-order valence-corrected chi connectivity index (χ4v) is 3.71. The zero-order chi connectivity index (χ0) is 18.7. The summed E-state index contributed by atoms with van der Waals surface area (Å²) in [7, 11) is 1.43. The van der Waals surface area contributed by atoms with E-state index in [0.29, 0.717) is 11.3 Å². The molecule has 0 unspecified atom stereocenters. The number of nitrogens with zero attached hydrogens (tertiary/aromatic N) is 2. The van der Waals surface area contributed by atoms with Gasteiger partial charge in [-0.1, -0.05) is 0 Å². The van der Waals surface area contributed by atoms with Crippen LogP contribution < -0.4 is 11.2 Å². The van der Waals surface area contributed by atoms with E-state index in [1.165, 1.54) is 11.7 Å². The first-order valence-corrected chi connectivity index (χ1v) is 8.44. The average Bonchev–Trinajstić information content (AvgIpc) is 2.96. The summed E-state index contributed by atoms with van der Waals surface area (Å²) in [5, 5.41) is -0.319. The lowest BCUT2D eigenvalue weighted by atomic mass is 10.2. The normalized spacial score (nSPS) is 11.4. The lowest BCUT2D eigenvalue weighted by molar-refractivity contribution is 0.0522. The number of methoxy groups -OCH3 is 1. The SMILES string of the molecule is CCOC(=O)c1sc2c(c1C(F)F)c(=O)n(CC)c(=O)n2CCOC. The lowest BCUT2D eigenvalue weighted by Crippen LogP contribution is -2.40. The fraction of sp³-hybridized carbons (Fsp3) is 0.533. The van der Waals surface area contributed by atoms with E-state index in [9.17, 15) is 23.2 Å². The molecule has 0 saturated carbocycles. The largest absolute Gasteiger partial charge is 0.462 e. The molecule has 0 fully saturated rings. The molecular weight excluding hydrogens is 358 g/mol. The standard InChI is InChI=1S/C15H18F2N2O5S/c1-4-18-12(20)9-8(11(16)17)10(14(21)24-5-2)25-13(9)19(15(18)22)6-7-23-3/h11H,4-7H2,1-3H3. The second kappa shape index (κ2) is 7.87. The molecule has 0 aliphatic carbocycles. The molecule has 0 bridgehead atoms. The first-order valence-electron chi connectivity index (χ1n) is 7.63. The third kappa shape index (κ3) is 3.36. The highest BCUT2D eigenvalue weighted by atomic mass is 32.1. The zero-order valence-corrected chi connectivity index (χ0v) is 14.8. The number of ether oxygens (including phenoxy) is 2. The number of halogens is 2. The van der Waals surface area contributed by atoms with Crippen molar-refractivity contribution in [2.75, 3.05) is 20.3 Å². The molecule has 2 aromatic rings. The first-order chi connectivity index (χ1) is 11.9. The van der Waals surface area contributed by atoms with Gasteiger partial charge in [-0.15, -0.1) is 11.3 Å². The topological polar surface area (TPSA) is 79.5 Å². The predicted octanol–water partition coefficient (Wildman–Crippen LogP) is 2.01. The Morgan fingerprint density at radius 3 is 2.44 bits per heavy atom. The van der Waals surface area contributed by atoms with E-state index in [-0.39, 0.29) is 41.4 Å². The second-order valence-electron chi connectivity index (χ2n) is 5.02. The smallest absolute Gasteiger partial charge is 0.348 e. The third-order valence-electron chi connectivity index (χ3n) is 3.61. The molecule has 0 atom stereocenters. The minimum absolute atomic E-state index is 0.00539. The van der Waals surface area contributed by atoms with Gasteiger partial charge in [-0.25, -0.2) is 18.4 Å². The Hall–Kier alpha value is -2.07. The fourth-order valence-electron chi connectivity index (χ4n) is 2.50. The van der Waals surface area contributed by atoms with Gasteiger partial charge in [-0.05, 0) is 13.8 Å². The molecule has 25 heavy (non-hydrogen) atoms. The highest BCUT2D eigenvalue weighted by Gasteiger charge is 2.30. The van der Waals surface area contributed by atoms with Crippen LogP contribution in [0.25, 0.3) is 10.2 Å². The highest BCUT2D eigenvalue weighted by molar-refractivity contribution is 7.20. The minimum Gasteiger partial charge on any atom is -0.462 e. The van der Waals surface area contributed by atoms with Crippen LogP contribution in [-0.4, -0.2) is 35.4 Å². The Labute approximate surface area is 145 Å². The summed E-state index contributed by atoms with van der Waals surface area (Å²) in [6.45, 7) is 3.35. The minimum atomic E-state index is -3.06. The van der Waals surface area contributed by atoms with Gasteiger partial charge in [0.25, 0.3) is 12.0 Å². The molecule has 0 N–H and O–H groups in total. The molecule has 2 rings (SSSR count). The maximum Gasteiger partial charge on any atom is 0.348 e. The molecule has 0 amide bonds. The van der Waals surface area contributed by atoms with E-state index in [2.05, 4.69) is 0 Å². The first kappa shape index (κ1) is 19.3. The van der Waals surface area contributed by atoms with Crippen molar-refractivity contribution in [3.05, 3.63) is 31.3 Å². The van der Waals surface area contributed by atoms with E-state index in [1.54, 1.807) is 13.8 Å². The second-order valence-corrected chi connectivity index (χ2v) is 6.02. The van der Waals surface area contributed by atoms with Gasteiger partial charge in [0.1, 0.15) is 9.71 Å². The van der Waals surface area contributed by atoms with Gasteiger partial charge in [-0.2, -0.15) is 0 Å². The van der Waals surface area contributed by atoms with Crippen LogP contribution in [0.15, 0.2) is 9.59 Å².